The highest BCUT2D eigenvalue weighted by molar-refractivity contribution is 5.59. The fourth-order valence-corrected chi connectivity index (χ4v) is 3.40. The highest BCUT2D eigenvalue weighted by Gasteiger charge is 2.27. The highest BCUT2D eigenvalue weighted by atomic mass is 19.1. The SMILES string of the molecule is COCc1oc(-c2ccc(F)cc2)cc1C(O)C1CCCCC1. The molecule has 1 heterocycles. The fraction of sp³-hybridized carbons (Fsp3) is 0.474. The van der Waals surface area contributed by atoms with Crippen LogP contribution in [0.4, 0.5) is 4.39 Å². The van der Waals surface area contributed by atoms with E-state index in [0.717, 1.165) is 24.0 Å². The first-order valence-corrected chi connectivity index (χ1v) is 8.24. The molecule has 1 fully saturated rings. The number of methoxy groups -OCH3 is 1. The number of ether oxygens (including phenoxy) is 1. The van der Waals surface area contributed by atoms with E-state index >= 15 is 0 Å². The Labute approximate surface area is 136 Å². The van der Waals surface area contributed by atoms with Crippen LogP contribution in [0.3, 0.4) is 0 Å². The van der Waals surface area contributed by atoms with Crippen LogP contribution in [0.2, 0.25) is 0 Å². The molecule has 1 saturated carbocycles. The van der Waals surface area contributed by atoms with Gasteiger partial charge in [-0.2, -0.15) is 0 Å². The maximum absolute atomic E-state index is 13.1. The Morgan fingerprint density at radius 2 is 1.91 bits per heavy atom. The minimum Gasteiger partial charge on any atom is -0.458 e. The zero-order valence-electron chi connectivity index (χ0n) is 13.4. The number of benzene rings is 1. The van der Waals surface area contributed by atoms with E-state index in [1.54, 1.807) is 19.2 Å². The van der Waals surface area contributed by atoms with E-state index in [0.29, 0.717) is 18.1 Å². The maximum atomic E-state index is 13.1. The molecule has 3 rings (SSSR count). The minimum absolute atomic E-state index is 0.276. The van der Waals surface area contributed by atoms with Gasteiger partial charge in [-0.05, 0) is 49.1 Å². The third-order valence-corrected chi connectivity index (χ3v) is 4.66. The summed E-state index contributed by atoms with van der Waals surface area (Å²) in [5.41, 5.74) is 1.60. The second-order valence-corrected chi connectivity index (χ2v) is 6.27. The van der Waals surface area contributed by atoms with Crippen molar-refractivity contribution in [2.45, 2.75) is 44.8 Å². The van der Waals surface area contributed by atoms with Gasteiger partial charge < -0.3 is 14.3 Å². The van der Waals surface area contributed by atoms with Crippen molar-refractivity contribution >= 4 is 0 Å². The quantitative estimate of drug-likeness (QED) is 0.857. The number of aliphatic hydroxyl groups excluding tert-OH is 1. The summed E-state index contributed by atoms with van der Waals surface area (Å²) in [6.07, 6.45) is 5.15. The third kappa shape index (κ3) is 3.65. The second kappa shape index (κ2) is 7.28. The maximum Gasteiger partial charge on any atom is 0.136 e. The number of halogens is 1. The standard InChI is InChI=1S/C19H23FO3/c1-22-12-18-16(19(21)14-5-3-2-4-6-14)11-17(23-18)13-7-9-15(20)10-8-13/h7-11,14,19,21H,2-6,12H2,1H3. The van der Waals surface area contributed by atoms with Crippen LogP contribution in [0, 0.1) is 11.7 Å². The Kier molecular flexibility index (Phi) is 5.13. The molecule has 124 valence electrons. The van der Waals surface area contributed by atoms with Crippen LogP contribution in [0.25, 0.3) is 11.3 Å². The van der Waals surface area contributed by atoms with Crippen LogP contribution >= 0.6 is 0 Å². The summed E-state index contributed by atoms with van der Waals surface area (Å²) in [6, 6.07) is 8.06. The largest absolute Gasteiger partial charge is 0.458 e. The molecule has 1 N–H and O–H groups in total. The van der Waals surface area contributed by atoms with Gasteiger partial charge in [0.25, 0.3) is 0 Å². The molecule has 3 nitrogen and oxygen atoms in total. The Bertz CT molecular complexity index is 627. The van der Waals surface area contributed by atoms with Gasteiger partial charge in [0.15, 0.2) is 0 Å². The lowest BCUT2D eigenvalue weighted by Crippen LogP contribution is -2.16. The molecule has 1 aliphatic rings. The highest BCUT2D eigenvalue weighted by Crippen LogP contribution is 2.38. The van der Waals surface area contributed by atoms with Crippen molar-refractivity contribution in [2.75, 3.05) is 7.11 Å². The molecular formula is C19H23FO3. The summed E-state index contributed by atoms with van der Waals surface area (Å²) in [5, 5.41) is 10.8. The van der Waals surface area contributed by atoms with Crippen LogP contribution in [0.1, 0.15) is 49.5 Å². The Morgan fingerprint density at radius 1 is 1.22 bits per heavy atom. The van der Waals surface area contributed by atoms with Crippen molar-refractivity contribution in [3.8, 4) is 11.3 Å². The van der Waals surface area contributed by atoms with E-state index in [9.17, 15) is 9.50 Å². The number of rotatable bonds is 5. The van der Waals surface area contributed by atoms with E-state index in [-0.39, 0.29) is 11.7 Å². The van der Waals surface area contributed by atoms with Gasteiger partial charge in [-0.25, -0.2) is 4.39 Å². The first kappa shape index (κ1) is 16.2. The smallest absolute Gasteiger partial charge is 0.136 e. The molecule has 0 bridgehead atoms. The molecule has 1 unspecified atom stereocenters. The lowest BCUT2D eigenvalue weighted by molar-refractivity contribution is 0.0791. The molecule has 1 aromatic heterocycles. The van der Waals surface area contributed by atoms with Crippen molar-refractivity contribution < 1.29 is 18.7 Å². The second-order valence-electron chi connectivity index (χ2n) is 6.27. The van der Waals surface area contributed by atoms with E-state index in [1.807, 2.05) is 6.07 Å². The zero-order valence-corrected chi connectivity index (χ0v) is 13.4. The monoisotopic (exact) mass is 318 g/mol. The van der Waals surface area contributed by atoms with Crippen molar-refractivity contribution in [2.24, 2.45) is 5.92 Å². The van der Waals surface area contributed by atoms with Crippen LogP contribution in [-0.2, 0) is 11.3 Å². The molecule has 1 aromatic carbocycles. The molecular weight excluding hydrogens is 295 g/mol. The van der Waals surface area contributed by atoms with Crippen molar-refractivity contribution in [1.82, 2.24) is 0 Å². The van der Waals surface area contributed by atoms with Gasteiger partial charge in [0.2, 0.25) is 0 Å². The van der Waals surface area contributed by atoms with Gasteiger partial charge in [-0.1, -0.05) is 19.3 Å². The van der Waals surface area contributed by atoms with E-state index in [4.69, 9.17) is 9.15 Å². The van der Waals surface area contributed by atoms with Gasteiger partial charge in [0, 0.05) is 18.2 Å². The summed E-state index contributed by atoms with van der Waals surface area (Å²) >= 11 is 0. The van der Waals surface area contributed by atoms with Gasteiger partial charge in [-0.3, -0.25) is 0 Å². The molecule has 1 aliphatic carbocycles. The number of hydrogen-bond acceptors (Lipinski definition) is 3. The van der Waals surface area contributed by atoms with Crippen molar-refractivity contribution in [3.63, 3.8) is 0 Å². The van der Waals surface area contributed by atoms with Crippen LogP contribution in [-0.4, -0.2) is 12.2 Å². The van der Waals surface area contributed by atoms with Crippen molar-refractivity contribution in [1.29, 1.82) is 0 Å². The molecule has 0 radical (unpaired) electrons. The van der Waals surface area contributed by atoms with Gasteiger partial charge >= 0.3 is 0 Å². The molecule has 0 aliphatic heterocycles. The number of hydrogen-bond donors (Lipinski definition) is 1. The van der Waals surface area contributed by atoms with Crippen LogP contribution < -0.4 is 0 Å². The lowest BCUT2D eigenvalue weighted by atomic mass is 9.82. The normalized spacial score (nSPS) is 17.3. The average Bonchev–Trinajstić information content (AvgIpc) is 3.00. The number of aliphatic hydroxyl groups is 1. The summed E-state index contributed by atoms with van der Waals surface area (Å²) in [7, 11) is 1.61. The van der Waals surface area contributed by atoms with E-state index < -0.39 is 6.10 Å². The Morgan fingerprint density at radius 3 is 2.57 bits per heavy atom. The molecule has 0 spiro atoms. The van der Waals surface area contributed by atoms with Gasteiger partial charge in [-0.15, -0.1) is 0 Å². The topological polar surface area (TPSA) is 42.6 Å². The van der Waals surface area contributed by atoms with Gasteiger partial charge in [0.1, 0.15) is 23.9 Å². The predicted octanol–water partition coefficient (Wildman–Crippen LogP) is 4.85. The van der Waals surface area contributed by atoms with E-state index in [1.165, 1.54) is 31.4 Å². The molecule has 0 saturated heterocycles. The summed E-state index contributed by atoms with van der Waals surface area (Å²) < 4.78 is 24.2. The Balaban J connectivity index is 1.90. The minimum atomic E-state index is -0.529. The first-order valence-electron chi connectivity index (χ1n) is 8.24. The first-order chi connectivity index (χ1) is 11.2. The molecule has 4 heteroatoms. The summed E-state index contributed by atoms with van der Waals surface area (Å²) in [6.45, 7) is 0.320. The lowest BCUT2D eigenvalue weighted by Gasteiger charge is -2.26. The van der Waals surface area contributed by atoms with Crippen LogP contribution in [0.15, 0.2) is 34.7 Å². The van der Waals surface area contributed by atoms with Gasteiger partial charge in [0.05, 0.1) is 6.10 Å². The molecule has 2 aromatic rings. The molecule has 23 heavy (non-hydrogen) atoms. The molecule has 1 atom stereocenters. The van der Waals surface area contributed by atoms with E-state index in [2.05, 4.69) is 0 Å². The number of furan rings is 1. The summed E-state index contributed by atoms with van der Waals surface area (Å²) in [5.74, 6) is 1.30. The predicted molar refractivity (Wildman–Crippen MR) is 86.3 cm³/mol. The van der Waals surface area contributed by atoms with Crippen molar-refractivity contribution in [3.05, 3.63) is 47.5 Å². The Hall–Kier alpha value is -1.65. The summed E-state index contributed by atoms with van der Waals surface area (Å²) in [4.78, 5) is 0. The zero-order chi connectivity index (χ0) is 16.2. The average molecular weight is 318 g/mol. The van der Waals surface area contributed by atoms with Crippen LogP contribution in [0.5, 0.6) is 0 Å². The molecule has 0 amide bonds. The third-order valence-electron chi connectivity index (χ3n) is 4.66. The fourth-order valence-electron chi connectivity index (χ4n) is 3.40.